The lowest BCUT2D eigenvalue weighted by molar-refractivity contribution is -0.124. The Morgan fingerprint density at radius 2 is 1.95 bits per heavy atom. The number of carbonyl (C=O) groups is 1. The zero-order valence-corrected chi connectivity index (χ0v) is 12.1. The monoisotopic (exact) mass is 263 g/mol. The third-order valence-electron chi connectivity index (χ3n) is 3.43. The normalized spacial score (nSPS) is 14.2. The quantitative estimate of drug-likeness (QED) is 0.767. The van der Waals surface area contributed by atoms with Crippen molar-refractivity contribution < 1.29 is 4.79 Å². The van der Waals surface area contributed by atoms with Crippen molar-refractivity contribution in [3.63, 3.8) is 0 Å². The molecule has 0 fully saturated rings. The molecule has 0 aliphatic rings. The van der Waals surface area contributed by atoms with Crippen LogP contribution in [0.25, 0.3) is 0 Å². The van der Waals surface area contributed by atoms with Crippen molar-refractivity contribution in [2.24, 2.45) is 11.7 Å². The lowest BCUT2D eigenvalue weighted by atomic mass is 9.98. The third-order valence-corrected chi connectivity index (χ3v) is 3.43. The minimum absolute atomic E-state index is 0.0417. The number of nitrogens with zero attached hydrogens (tertiary/aromatic N) is 1. The van der Waals surface area contributed by atoms with Crippen LogP contribution in [0.1, 0.15) is 12.5 Å². The Bertz CT molecular complexity index is 378. The van der Waals surface area contributed by atoms with Crippen LogP contribution >= 0.6 is 0 Å². The van der Waals surface area contributed by atoms with E-state index in [-0.39, 0.29) is 11.8 Å². The summed E-state index contributed by atoms with van der Waals surface area (Å²) in [6, 6.07) is 10.3. The van der Waals surface area contributed by atoms with Gasteiger partial charge in [-0.1, -0.05) is 30.3 Å². The highest BCUT2D eigenvalue weighted by Crippen LogP contribution is 2.08. The molecule has 3 N–H and O–H groups in total. The first kappa shape index (κ1) is 15.7. The summed E-state index contributed by atoms with van der Waals surface area (Å²) in [7, 11) is 4.00. The second-order valence-corrected chi connectivity index (χ2v) is 5.18. The lowest BCUT2D eigenvalue weighted by Gasteiger charge is -2.22. The van der Waals surface area contributed by atoms with Crippen LogP contribution in [0.4, 0.5) is 0 Å². The summed E-state index contributed by atoms with van der Waals surface area (Å²) >= 11 is 0. The van der Waals surface area contributed by atoms with Gasteiger partial charge in [-0.25, -0.2) is 0 Å². The largest absolute Gasteiger partial charge is 0.354 e. The Balaban J connectivity index is 2.48. The topological polar surface area (TPSA) is 58.4 Å². The lowest BCUT2D eigenvalue weighted by Crippen LogP contribution is -2.42. The number of hydrogen-bond donors (Lipinski definition) is 2. The molecule has 2 unspecified atom stereocenters. The van der Waals surface area contributed by atoms with Gasteiger partial charge < -0.3 is 16.0 Å². The van der Waals surface area contributed by atoms with Crippen molar-refractivity contribution in [2.45, 2.75) is 19.4 Å². The van der Waals surface area contributed by atoms with E-state index in [0.29, 0.717) is 25.6 Å². The Morgan fingerprint density at radius 3 is 2.47 bits per heavy atom. The van der Waals surface area contributed by atoms with Gasteiger partial charge >= 0.3 is 0 Å². The summed E-state index contributed by atoms with van der Waals surface area (Å²) in [6.45, 7) is 3.10. The average molecular weight is 263 g/mol. The van der Waals surface area contributed by atoms with Gasteiger partial charge in [0.15, 0.2) is 0 Å². The molecule has 1 rings (SSSR count). The molecule has 0 saturated carbocycles. The molecule has 0 heterocycles. The van der Waals surface area contributed by atoms with Crippen LogP contribution in [-0.2, 0) is 11.2 Å². The molecular weight excluding hydrogens is 238 g/mol. The molecule has 1 aromatic rings. The number of amides is 1. The van der Waals surface area contributed by atoms with Crippen molar-refractivity contribution in [1.29, 1.82) is 0 Å². The van der Waals surface area contributed by atoms with Crippen molar-refractivity contribution in [2.75, 3.05) is 27.2 Å². The maximum absolute atomic E-state index is 12.1. The number of benzene rings is 1. The highest BCUT2D eigenvalue weighted by atomic mass is 16.1. The molecule has 0 bridgehead atoms. The first-order chi connectivity index (χ1) is 9.04. The maximum Gasteiger partial charge on any atom is 0.224 e. The molecule has 2 atom stereocenters. The van der Waals surface area contributed by atoms with Crippen LogP contribution in [-0.4, -0.2) is 44.0 Å². The first-order valence-electron chi connectivity index (χ1n) is 6.72. The highest BCUT2D eigenvalue weighted by molar-refractivity contribution is 5.79. The third kappa shape index (κ3) is 5.41. The van der Waals surface area contributed by atoms with Crippen LogP contribution in [0.5, 0.6) is 0 Å². The fourth-order valence-electron chi connectivity index (χ4n) is 1.76. The molecule has 0 radical (unpaired) electrons. The van der Waals surface area contributed by atoms with E-state index in [4.69, 9.17) is 5.73 Å². The minimum atomic E-state index is -0.156. The SMILES string of the molecule is CC(CNC(=O)C(CN)Cc1ccccc1)N(C)C. The van der Waals surface area contributed by atoms with Crippen molar-refractivity contribution >= 4 is 5.91 Å². The van der Waals surface area contributed by atoms with Gasteiger partial charge in [-0.3, -0.25) is 4.79 Å². The highest BCUT2D eigenvalue weighted by Gasteiger charge is 2.18. The molecule has 4 nitrogen and oxygen atoms in total. The van der Waals surface area contributed by atoms with E-state index in [1.54, 1.807) is 0 Å². The molecule has 1 amide bonds. The molecule has 4 heteroatoms. The van der Waals surface area contributed by atoms with E-state index < -0.39 is 0 Å². The van der Waals surface area contributed by atoms with Crippen molar-refractivity contribution in [3.8, 4) is 0 Å². The Morgan fingerprint density at radius 1 is 1.32 bits per heavy atom. The summed E-state index contributed by atoms with van der Waals surface area (Å²) in [5.41, 5.74) is 6.86. The zero-order chi connectivity index (χ0) is 14.3. The molecular formula is C15H25N3O. The number of rotatable bonds is 7. The summed E-state index contributed by atoms with van der Waals surface area (Å²) in [6.07, 6.45) is 0.694. The van der Waals surface area contributed by atoms with Crippen LogP contribution in [0.3, 0.4) is 0 Å². The molecule has 106 valence electrons. The maximum atomic E-state index is 12.1. The van der Waals surface area contributed by atoms with Gasteiger partial charge in [-0.05, 0) is 33.0 Å². The van der Waals surface area contributed by atoms with Gasteiger partial charge in [0.2, 0.25) is 5.91 Å². The predicted molar refractivity (Wildman–Crippen MR) is 78.8 cm³/mol. The van der Waals surface area contributed by atoms with E-state index >= 15 is 0 Å². The fourth-order valence-corrected chi connectivity index (χ4v) is 1.76. The first-order valence-corrected chi connectivity index (χ1v) is 6.72. The molecule has 0 aliphatic heterocycles. The van der Waals surface area contributed by atoms with E-state index in [1.165, 1.54) is 0 Å². The summed E-state index contributed by atoms with van der Waals surface area (Å²) in [5.74, 6) is -0.114. The minimum Gasteiger partial charge on any atom is -0.354 e. The average Bonchev–Trinajstić information content (AvgIpc) is 2.42. The number of nitrogens with two attached hydrogens (primary N) is 1. The second kappa shape index (κ2) is 7.92. The van der Waals surface area contributed by atoms with Gasteiger partial charge in [-0.2, -0.15) is 0 Å². The summed E-state index contributed by atoms with van der Waals surface area (Å²) in [4.78, 5) is 14.2. The number of likely N-dealkylation sites (N-methyl/N-ethyl adjacent to an activating group) is 1. The smallest absolute Gasteiger partial charge is 0.224 e. The molecule has 0 spiro atoms. The van der Waals surface area contributed by atoms with Crippen molar-refractivity contribution in [3.05, 3.63) is 35.9 Å². The van der Waals surface area contributed by atoms with Crippen LogP contribution in [0.15, 0.2) is 30.3 Å². The zero-order valence-electron chi connectivity index (χ0n) is 12.1. The Hall–Kier alpha value is -1.39. The van der Waals surface area contributed by atoms with Crippen molar-refractivity contribution in [1.82, 2.24) is 10.2 Å². The molecule has 1 aromatic carbocycles. The van der Waals surface area contributed by atoms with E-state index in [9.17, 15) is 4.79 Å². The number of hydrogen-bond acceptors (Lipinski definition) is 3. The number of carbonyl (C=O) groups excluding carboxylic acids is 1. The van der Waals surface area contributed by atoms with Crippen LogP contribution < -0.4 is 11.1 Å². The van der Waals surface area contributed by atoms with Crippen LogP contribution in [0, 0.1) is 5.92 Å². The molecule has 19 heavy (non-hydrogen) atoms. The Kier molecular flexibility index (Phi) is 6.53. The molecule has 0 saturated heterocycles. The van der Waals surface area contributed by atoms with E-state index in [2.05, 4.69) is 17.1 Å². The fraction of sp³-hybridized carbons (Fsp3) is 0.533. The standard InChI is InChI=1S/C15H25N3O/c1-12(18(2)3)11-17-15(19)14(10-16)9-13-7-5-4-6-8-13/h4-8,12,14H,9-11,16H2,1-3H3,(H,17,19). The Labute approximate surface area is 116 Å². The molecule has 0 aliphatic carbocycles. The van der Waals surface area contributed by atoms with Gasteiger partial charge in [0.05, 0.1) is 5.92 Å². The van der Waals surface area contributed by atoms with E-state index in [1.807, 2.05) is 44.4 Å². The van der Waals surface area contributed by atoms with Gasteiger partial charge in [0.1, 0.15) is 0 Å². The number of nitrogens with one attached hydrogen (secondary N) is 1. The predicted octanol–water partition coefficient (Wildman–Crippen LogP) is 0.870. The van der Waals surface area contributed by atoms with E-state index in [0.717, 1.165) is 5.56 Å². The van der Waals surface area contributed by atoms with Gasteiger partial charge in [0.25, 0.3) is 0 Å². The van der Waals surface area contributed by atoms with Gasteiger partial charge in [0, 0.05) is 19.1 Å². The van der Waals surface area contributed by atoms with Gasteiger partial charge in [-0.15, -0.1) is 0 Å². The summed E-state index contributed by atoms with van der Waals surface area (Å²) < 4.78 is 0. The molecule has 0 aromatic heterocycles. The second-order valence-electron chi connectivity index (χ2n) is 5.18. The summed E-state index contributed by atoms with van der Waals surface area (Å²) in [5, 5.41) is 2.97. The van der Waals surface area contributed by atoms with Crippen LogP contribution in [0.2, 0.25) is 0 Å².